The fourth-order valence-electron chi connectivity index (χ4n) is 2.87. The maximum atomic E-state index is 9.29. The van der Waals surface area contributed by atoms with Gasteiger partial charge in [0, 0.05) is 29.1 Å². The molecule has 1 N–H and O–H groups in total. The van der Waals surface area contributed by atoms with Crippen molar-refractivity contribution in [1.82, 2.24) is 14.5 Å². The van der Waals surface area contributed by atoms with Crippen molar-refractivity contribution in [3.63, 3.8) is 0 Å². The molecule has 0 aliphatic rings. The summed E-state index contributed by atoms with van der Waals surface area (Å²) in [4.78, 5) is 10.5. The molecule has 6 heteroatoms. The maximum Gasteiger partial charge on any atom is 0.110 e. The van der Waals surface area contributed by atoms with Crippen LogP contribution in [-0.2, 0) is 13.0 Å². The summed E-state index contributed by atoms with van der Waals surface area (Å²) >= 11 is 7.87. The van der Waals surface area contributed by atoms with E-state index in [-0.39, 0.29) is 6.61 Å². The second-order valence-corrected chi connectivity index (χ2v) is 8.17. The Morgan fingerprint density at radius 2 is 2.04 bits per heavy atom. The average molecular weight is 402 g/mol. The highest BCUT2D eigenvalue weighted by molar-refractivity contribution is 7.99. The fourth-order valence-corrected chi connectivity index (χ4v) is 4.35. The predicted octanol–water partition coefficient (Wildman–Crippen LogP) is 5.18. The van der Waals surface area contributed by atoms with Gasteiger partial charge in [0.05, 0.1) is 17.9 Å². The molecule has 0 bridgehead atoms. The van der Waals surface area contributed by atoms with Crippen LogP contribution in [0.5, 0.6) is 0 Å². The van der Waals surface area contributed by atoms with Gasteiger partial charge in [0.1, 0.15) is 10.9 Å². The molecule has 0 atom stereocenters. The number of benzene rings is 1. The number of halogens is 1. The summed E-state index contributed by atoms with van der Waals surface area (Å²) in [6.07, 6.45) is 3.24. The van der Waals surface area contributed by atoms with Gasteiger partial charge in [-0.25, -0.2) is 4.98 Å². The van der Waals surface area contributed by atoms with E-state index in [0.717, 1.165) is 38.6 Å². The minimum Gasteiger partial charge on any atom is -0.396 e. The molecule has 0 unspecified atom stereocenters. The van der Waals surface area contributed by atoms with E-state index in [2.05, 4.69) is 29.5 Å². The molecule has 27 heavy (non-hydrogen) atoms. The van der Waals surface area contributed by atoms with Crippen LogP contribution >= 0.6 is 23.4 Å². The number of aliphatic hydroxyl groups excluding tert-OH is 1. The highest BCUT2D eigenvalue weighted by Gasteiger charge is 2.21. The minimum absolute atomic E-state index is 0.157. The molecule has 0 saturated heterocycles. The molecular weight excluding hydrogens is 378 g/mol. The molecule has 3 rings (SSSR count). The van der Waals surface area contributed by atoms with Gasteiger partial charge in [0.15, 0.2) is 0 Å². The number of aliphatic hydroxyl groups is 1. The SMILES string of the molecule is CC(C)c1nc(CCCO)n(Cc2ccccn2)c1Sc1cccc(Cl)c1. The molecular formula is C21H24ClN3OS. The Balaban J connectivity index is 2.05. The molecule has 0 spiro atoms. The highest BCUT2D eigenvalue weighted by atomic mass is 35.5. The third kappa shape index (κ3) is 5.12. The number of aromatic nitrogens is 3. The van der Waals surface area contributed by atoms with E-state index in [9.17, 15) is 5.11 Å². The largest absolute Gasteiger partial charge is 0.396 e. The summed E-state index contributed by atoms with van der Waals surface area (Å²) in [7, 11) is 0. The number of nitrogens with zero attached hydrogens (tertiary/aromatic N) is 3. The Kier molecular flexibility index (Phi) is 6.94. The number of hydrogen-bond donors (Lipinski definition) is 1. The van der Waals surface area contributed by atoms with Gasteiger partial charge in [-0.2, -0.15) is 0 Å². The molecule has 0 fully saturated rings. The zero-order valence-corrected chi connectivity index (χ0v) is 17.2. The summed E-state index contributed by atoms with van der Waals surface area (Å²) in [5.41, 5.74) is 2.06. The smallest absolute Gasteiger partial charge is 0.110 e. The molecule has 142 valence electrons. The molecule has 0 aliphatic heterocycles. The Bertz CT molecular complexity index is 880. The van der Waals surface area contributed by atoms with Crippen LogP contribution in [-0.4, -0.2) is 26.2 Å². The third-order valence-corrected chi connectivity index (χ3v) is 5.54. The van der Waals surface area contributed by atoms with Crippen LogP contribution in [0.1, 0.15) is 43.4 Å². The predicted molar refractivity (Wildman–Crippen MR) is 111 cm³/mol. The Labute approximate surface area is 169 Å². The maximum absolute atomic E-state index is 9.29. The monoisotopic (exact) mass is 401 g/mol. The van der Waals surface area contributed by atoms with E-state index in [1.54, 1.807) is 11.8 Å². The zero-order chi connectivity index (χ0) is 19.2. The second-order valence-electron chi connectivity index (χ2n) is 6.67. The normalized spacial score (nSPS) is 11.3. The van der Waals surface area contributed by atoms with Crippen LogP contribution < -0.4 is 0 Å². The van der Waals surface area contributed by atoms with Crippen LogP contribution in [0, 0.1) is 0 Å². The van der Waals surface area contributed by atoms with Crippen molar-refractivity contribution in [2.24, 2.45) is 0 Å². The summed E-state index contributed by atoms with van der Waals surface area (Å²) in [6, 6.07) is 13.8. The summed E-state index contributed by atoms with van der Waals surface area (Å²) in [5, 5.41) is 11.1. The third-order valence-electron chi connectivity index (χ3n) is 4.19. The zero-order valence-electron chi connectivity index (χ0n) is 15.6. The van der Waals surface area contributed by atoms with Gasteiger partial charge in [-0.3, -0.25) is 4.98 Å². The molecule has 0 radical (unpaired) electrons. The number of imidazole rings is 1. The van der Waals surface area contributed by atoms with E-state index in [1.807, 2.05) is 42.6 Å². The van der Waals surface area contributed by atoms with E-state index >= 15 is 0 Å². The molecule has 0 saturated carbocycles. The standard InChI is InChI=1S/C21H24ClN3OS/c1-15(2)20-21(27-18-9-5-7-16(22)13-18)25(19(24-20)10-6-12-26)14-17-8-3-4-11-23-17/h3-5,7-9,11,13,15,26H,6,10,12,14H2,1-2H3. The van der Waals surface area contributed by atoms with Crippen LogP contribution in [0.15, 0.2) is 58.6 Å². The lowest BCUT2D eigenvalue weighted by Crippen LogP contribution is -2.08. The van der Waals surface area contributed by atoms with Gasteiger partial charge in [-0.05, 0) is 42.7 Å². The van der Waals surface area contributed by atoms with Crippen LogP contribution in [0.4, 0.5) is 0 Å². The van der Waals surface area contributed by atoms with Gasteiger partial charge < -0.3 is 9.67 Å². The van der Waals surface area contributed by atoms with Crippen LogP contribution in [0.25, 0.3) is 0 Å². The lowest BCUT2D eigenvalue weighted by molar-refractivity contribution is 0.287. The fraction of sp³-hybridized carbons (Fsp3) is 0.333. The van der Waals surface area contributed by atoms with Crippen LogP contribution in [0.2, 0.25) is 5.02 Å². The van der Waals surface area contributed by atoms with E-state index < -0.39 is 0 Å². The first kappa shape index (κ1) is 19.9. The minimum atomic E-state index is 0.157. The van der Waals surface area contributed by atoms with Gasteiger partial charge in [0.25, 0.3) is 0 Å². The first-order chi connectivity index (χ1) is 13.1. The van der Waals surface area contributed by atoms with Gasteiger partial charge in [0.2, 0.25) is 0 Å². The highest BCUT2D eigenvalue weighted by Crippen LogP contribution is 2.36. The molecule has 1 aromatic carbocycles. The molecule has 2 aromatic heterocycles. The first-order valence-corrected chi connectivity index (χ1v) is 10.3. The average Bonchev–Trinajstić information content (AvgIpc) is 2.98. The van der Waals surface area contributed by atoms with Crippen LogP contribution in [0.3, 0.4) is 0 Å². The quantitative estimate of drug-likeness (QED) is 0.565. The van der Waals surface area contributed by atoms with Crippen molar-refractivity contribution in [2.45, 2.75) is 49.1 Å². The number of hydrogen-bond acceptors (Lipinski definition) is 4. The van der Waals surface area contributed by atoms with Crippen molar-refractivity contribution < 1.29 is 5.11 Å². The molecule has 0 aliphatic carbocycles. The van der Waals surface area contributed by atoms with Gasteiger partial charge in [-0.15, -0.1) is 0 Å². The van der Waals surface area contributed by atoms with Crippen molar-refractivity contribution >= 4 is 23.4 Å². The molecule has 4 nitrogen and oxygen atoms in total. The lowest BCUT2D eigenvalue weighted by atomic mass is 10.1. The number of aryl methyl sites for hydroxylation is 1. The Morgan fingerprint density at radius 3 is 2.70 bits per heavy atom. The van der Waals surface area contributed by atoms with Crippen molar-refractivity contribution in [3.8, 4) is 0 Å². The van der Waals surface area contributed by atoms with Crippen molar-refractivity contribution in [3.05, 3.63) is 70.9 Å². The van der Waals surface area contributed by atoms with Gasteiger partial charge >= 0.3 is 0 Å². The summed E-state index contributed by atoms with van der Waals surface area (Å²) in [5.74, 6) is 1.28. The van der Waals surface area contributed by atoms with E-state index in [1.165, 1.54) is 0 Å². The van der Waals surface area contributed by atoms with E-state index in [4.69, 9.17) is 16.6 Å². The van der Waals surface area contributed by atoms with Crippen molar-refractivity contribution in [2.75, 3.05) is 6.61 Å². The summed E-state index contributed by atoms with van der Waals surface area (Å²) in [6.45, 7) is 5.13. The lowest BCUT2D eigenvalue weighted by Gasteiger charge is -2.13. The first-order valence-electron chi connectivity index (χ1n) is 9.12. The number of pyridine rings is 1. The van der Waals surface area contributed by atoms with Gasteiger partial charge in [-0.1, -0.05) is 49.3 Å². The van der Waals surface area contributed by atoms with Crippen molar-refractivity contribution in [1.29, 1.82) is 0 Å². The molecule has 0 amide bonds. The molecule has 2 heterocycles. The summed E-state index contributed by atoms with van der Waals surface area (Å²) < 4.78 is 2.24. The number of rotatable bonds is 8. The van der Waals surface area contributed by atoms with E-state index in [0.29, 0.717) is 18.9 Å². The molecule has 3 aromatic rings. The Hall–Kier alpha value is -1.82. The topological polar surface area (TPSA) is 50.9 Å². The second kappa shape index (κ2) is 9.40. The Morgan fingerprint density at radius 1 is 1.19 bits per heavy atom.